The van der Waals surface area contributed by atoms with E-state index in [1.165, 1.54) is 6.92 Å². The van der Waals surface area contributed by atoms with E-state index in [0.717, 1.165) is 0 Å². The third-order valence-corrected chi connectivity index (χ3v) is 11.9. The van der Waals surface area contributed by atoms with Crippen molar-refractivity contribution < 1.29 is 105 Å². The molecule has 6 rings (SSSR count). The highest BCUT2D eigenvalue weighted by molar-refractivity contribution is 5.01. The second-order valence-electron chi connectivity index (χ2n) is 15.6. The molecule has 21 heteroatoms. The molecule has 54 heavy (non-hydrogen) atoms. The Morgan fingerprint density at radius 3 is 1.69 bits per heavy atom. The summed E-state index contributed by atoms with van der Waals surface area (Å²) in [6, 6.07) is 0. The van der Waals surface area contributed by atoms with Crippen molar-refractivity contribution in [2.45, 2.75) is 180 Å². The standard InChI is InChI=1S/C33H56O21/c1-9-20(38)24(42)27(45)31(49-9)48-8-19-23(41)26(44)29(47)33(54-19)52-17-6-12-13(35)4-11(50-32-28(46)25(43)22(40)18(7-34)53-32)5-16(12)51-30(17)10-2-14(36)21(39)15(37)3-10/h9-47H,2-8H2,1H3/t9-,10?,11?,12?,13?,14?,15?,16?,17?,18+,19+,20-,21?,22+,23+,24+,25-,26-,27+,28+,29+,30?,31+,32+,33+/m0/s1. The van der Waals surface area contributed by atoms with Crippen LogP contribution in [0.25, 0.3) is 0 Å². The maximum absolute atomic E-state index is 11.3. The SMILES string of the molecule is C[C@@H]1O[C@@H](OC[C@H]2O[C@@H](OC3CC4C(O)CC(O[C@@H]5O[C@H](CO)[C@@H](O)[C@H](O)[C@H]5O)CC4OC3C3CC(O)C(O)C(O)C3)[C@H](O)[C@@H](O)[C@@H]2O)[C@H](O)[C@H](O)[C@H]1O. The van der Waals surface area contributed by atoms with E-state index in [9.17, 15) is 71.5 Å². The van der Waals surface area contributed by atoms with E-state index >= 15 is 0 Å². The number of ether oxygens (including phenoxy) is 7. The van der Waals surface area contributed by atoms with Gasteiger partial charge in [0.2, 0.25) is 0 Å². The van der Waals surface area contributed by atoms with E-state index in [1.54, 1.807) is 0 Å². The van der Waals surface area contributed by atoms with Crippen LogP contribution in [0.3, 0.4) is 0 Å². The molecule has 4 heterocycles. The zero-order valence-corrected chi connectivity index (χ0v) is 29.5. The molecule has 4 saturated heterocycles. The van der Waals surface area contributed by atoms with Crippen LogP contribution in [0, 0.1) is 11.8 Å². The fraction of sp³-hybridized carbons (Fsp3) is 1.00. The van der Waals surface area contributed by atoms with Crippen LogP contribution in [-0.2, 0) is 33.2 Å². The Morgan fingerprint density at radius 2 is 1.06 bits per heavy atom. The summed E-state index contributed by atoms with van der Waals surface area (Å²) in [6.45, 7) is 0.240. The Morgan fingerprint density at radius 1 is 0.500 bits per heavy atom. The van der Waals surface area contributed by atoms with E-state index in [0.29, 0.717) is 0 Å². The van der Waals surface area contributed by atoms with Gasteiger partial charge in [-0.05, 0) is 32.1 Å². The second-order valence-corrected chi connectivity index (χ2v) is 15.6. The van der Waals surface area contributed by atoms with Gasteiger partial charge in [0.15, 0.2) is 18.9 Å². The summed E-state index contributed by atoms with van der Waals surface area (Å²) in [5, 5.41) is 146. The summed E-state index contributed by atoms with van der Waals surface area (Å²) in [5.41, 5.74) is 0. The van der Waals surface area contributed by atoms with Gasteiger partial charge in [0, 0.05) is 18.8 Å². The molecular formula is C33H56O21. The van der Waals surface area contributed by atoms with Crippen LogP contribution in [0.4, 0.5) is 0 Å². The fourth-order valence-electron chi connectivity index (χ4n) is 8.61. The third-order valence-electron chi connectivity index (χ3n) is 11.9. The largest absolute Gasteiger partial charge is 0.394 e. The smallest absolute Gasteiger partial charge is 0.187 e. The third kappa shape index (κ3) is 8.63. The van der Waals surface area contributed by atoms with Gasteiger partial charge in [0.25, 0.3) is 0 Å². The van der Waals surface area contributed by atoms with E-state index in [4.69, 9.17) is 33.2 Å². The molecule has 14 N–H and O–H groups in total. The minimum Gasteiger partial charge on any atom is -0.394 e. The number of hydrogen-bond acceptors (Lipinski definition) is 21. The van der Waals surface area contributed by atoms with E-state index in [2.05, 4.69) is 0 Å². The highest BCUT2D eigenvalue weighted by Gasteiger charge is 2.54. The molecule has 314 valence electrons. The molecule has 0 aromatic rings. The predicted octanol–water partition coefficient (Wildman–Crippen LogP) is -7.37. The van der Waals surface area contributed by atoms with Gasteiger partial charge >= 0.3 is 0 Å². The summed E-state index contributed by atoms with van der Waals surface area (Å²) in [4.78, 5) is 0. The molecule has 6 fully saturated rings. The first-order valence-electron chi connectivity index (χ1n) is 18.5. The van der Waals surface area contributed by atoms with Crippen LogP contribution < -0.4 is 0 Å². The molecule has 21 nitrogen and oxygen atoms in total. The zero-order chi connectivity index (χ0) is 39.3. The van der Waals surface area contributed by atoms with Gasteiger partial charge in [-0.3, -0.25) is 0 Å². The molecule has 4 aliphatic heterocycles. The van der Waals surface area contributed by atoms with Crippen molar-refractivity contribution >= 4 is 0 Å². The van der Waals surface area contributed by atoms with Crippen molar-refractivity contribution in [2.75, 3.05) is 13.2 Å². The topological polar surface area (TPSA) is 348 Å². The van der Waals surface area contributed by atoms with Gasteiger partial charge < -0.3 is 105 Å². The maximum atomic E-state index is 11.3. The molecule has 23 atom stereocenters. The molecule has 0 spiro atoms. The number of rotatable bonds is 9. The molecule has 0 aromatic heterocycles. The summed E-state index contributed by atoms with van der Waals surface area (Å²) >= 11 is 0. The van der Waals surface area contributed by atoms with Crippen molar-refractivity contribution in [1.29, 1.82) is 0 Å². The van der Waals surface area contributed by atoms with E-state index < -0.39 is 166 Å². The molecule has 0 bridgehead atoms. The van der Waals surface area contributed by atoms with Gasteiger partial charge in [-0.15, -0.1) is 0 Å². The van der Waals surface area contributed by atoms with Crippen molar-refractivity contribution in [3.63, 3.8) is 0 Å². The highest BCUT2D eigenvalue weighted by atomic mass is 16.7. The lowest BCUT2D eigenvalue weighted by Gasteiger charge is -2.52. The Hall–Kier alpha value is -0.840. The van der Waals surface area contributed by atoms with Crippen LogP contribution >= 0.6 is 0 Å². The lowest BCUT2D eigenvalue weighted by atomic mass is 9.72. The van der Waals surface area contributed by atoms with Crippen LogP contribution in [-0.4, -0.2) is 226 Å². The van der Waals surface area contributed by atoms with Crippen LogP contribution in [0.15, 0.2) is 0 Å². The van der Waals surface area contributed by atoms with Gasteiger partial charge in [-0.2, -0.15) is 0 Å². The summed E-state index contributed by atoms with van der Waals surface area (Å²) < 4.78 is 41.0. The van der Waals surface area contributed by atoms with Gasteiger partial charge in [-0.1, -0.05) is 0 Å². The highest BCUT2D eigenvalue weighted by Crippen LogP contribution is 2.44. The van der Waals surface area contributed by atoms with Crippen molar-refractivity contribution in [1.82, 2.24) is 0 Å². The van der Waals surface area contributed by atoms with Crippen LogP contribution in [0.5, 0.6) is 0 Å². The fourth-order valence-corrected chi connectivity index (χ4v) is 8.61. The minimum atomic E-state index is -1.83. The number of aliphatic hydroxyl groups is 14. The summed E-state index contributed by atoms with van der Waals surface area (Å²) in [7, 11) is 0. The molecule has 6 aliphatic rings. The Labute approximate surface area is 309 Å². The van der Waals surface area contributed by atoms with Crippen molar-refractivity contribution in [2.24, 2.45) is 11.8 Å². The normalized spacial score (nSPS) is 55.9. The zero-order valence-electron chi connectivity index (χ0n) is 29.5. The molecule has 2 aliphatic carbocycles. The van der Waals surface area contributed by atoms with Gasteiger partial charge in [0.05, 0.1) is 62.0 Å². The van der Waals surface area contributed by atoms with Crippen molar-refractivity contribution in [3.8, 4) is 0 Å². The molecule has 0 amide bonds. The molecule has 0 radical (unpaired) electrons. The van der Waals surface area contributed by atoms with E-state index in [-0.39, 0.29) is 32.1 Å². The summed E-state index contributed by atoms with van der Waals surface area (Å²) in [6.07, 6.45) is -31.8. The van der Waals surface area contributed by atoms with E-state index in [1.807, 2.05) is 0 Å². The molecule has 8 unspecified atom stereocenters. The quantitative estimate of drug-likeness (QED) is 0.103. The van der Waals surface area contributed by atoms with Crippen molar-refractivity contribution in [3.05, 3.63) is 0 Å². The Kier molecular flexibility index (Phi) is 13.9. The van der Waals surface area contributed by atoms with Crippen LogP contribution in [0.2, 0.25) is 0 Å². The van der Waals surface area contributed by atoms with Gasteiger partial charge in [0.1, 0.15) is 73.2 Å². The molecular weight excluding hydrogens is 732 g/mol. The number of hydrogen-bond donors (Lipinski definition) is 14. The lowest BCUT2D eigenvalue weighted by molar-refractivity contribution is -0.348. The molecule has 2 saturated carbocycles. The summed E-state index contributed by atoms with van der Waals surface area (Å²) in [5.74, 6) is -1.29. The average Bonchev–Trinajstić information content (AvgIpc) is 3.14. The predicted molar refractivity (Wildman–Crippen MR) is 171 cm³/mol. The second kappa shape index (κ2) is 17.6. The van der Waals surface area contributed by atoms with Crippen LogP contribution in [0.1, 0.15) is 39.0 Å². The number of aliphatic hydroxyl groups excluding tert-OH is 14. The molecule has 0 aromatic carbocycles. The lowest BCUT2D eigenvalue weighted by Crippen LogP contribution is -2.63. The monoisotopic (exact) mass is 788 g/mol. The van der Waals surface area contributed by atoms with Gasteiger partial charge in [-0.25, -0.2) is 0 Å². The first-order chi connectivity index (χ1) is 25.5. The number of fused-ring (bicyclic) bond motifs is 1. The minimum absolute atomic E-state index is 0.00368. The Balaban J connectivity index is 1.16. The Bertz CT molecular complexity index is 1190. The maximum Gasteiger partial charge on any atom is 0.187 e. The first kappa shape index (κ1) is 42.8. The average molecular weight is 789 g/mol. The first-order valence-corrected chi connectivity index (χ1v) is 18.5.